The maximum absolute atomic E-state index is 13.3. The normalized spacial score (nSPS) is 10.4. The molecule has 5 heteroatoms. The molecule has 104 valence electrons. The van der Waals surface area contributed by atoms with Gasteiger partial charge in [0.1, 0.15) is 11.6 Å². The summed E-state index contributed by atoms with van der Waals surface area (Å²) >= 11 is 3.07. The van der Waals surface area contributed by atoms with Crippen molar-refractivity contribution in [3.63, 3.8) is 0 Å². The van der Waals surface area contributed by atoms with E-state index in [9.17, 15) is 13.6 Å². The molecule has 0 aliphatic carbocycles. The number of rotatable bonds is 2. The van der Waals surface area contributed by atoms with Gasteiger partial charge in [-0.25, -0.2) is 8.78 Å². The van der Waals surface area contributed by atoms with Crippen molar-refractivity contribution in [1.29, 1.82) is 0 Å². The van der Waals surface area contributed by atoms with E-state index >= 15 is 0 Å². The molecular weight excluding hydrogens is 328 g/mol. The van der Waals surface area contributed by atoms with Crippen molar-refractivity contribution in [1.82, 2.24) is 0 Å². The van der Waals surface area contributed by atoms with Gasteiger partial charge < -0.3 is 5.32 Å². The van der Waals surface area contributed by atoms with Crippen LogP contribution in [-0.4, -0.2) is 5.91 Å². The summed E-state index contributed by atoms with van der Waals surface area (Å²) in [7, 11) is 0. The minimum Gasteiger partial charge on any atom is -0.322 e. The van der Waals surface area contributed by atoms with E-state index in [1.165, 1.54) is 30.3 Å². The van der Waals surface area contributed by atoms with Crippen LogP contribution < -0.4 is 5.32 Å². The van der Waals surface area contributed by atoms with E-state index in [0.29, 0.717) is 16.8 Å². The highest BCUT2D eigenvalue weighted by Gasteiger charge is 2.13. The lowest BCUT2D eigenvalue weighted by atomic mass is 10.1. The second-order valence-electron chi connectivity index (χ2n) is 4.49. The van der Waals surface area contributed by atoms with Crippen LogP contribution in [0.4, 0.5) is 14.5 Å². The number of halogens is 3. The Balaban J connectivity index is 2.32. The van der Waals surface area contributed by atoms with E-state index in [1.807, 2.05) is 0 Å². The molecule has 0 spiro atoms. The molecule has 0 aromatic heterocycles. The third-order valence-electron chi connectivity index (χ3n) is 2.96. The molecule has 0 fully saturated rings. The Hall–Kier alpha value is -1.75. The van der Waals surface area contributed by atoms with Crippen LogP contribution in [0.15, 0.2) is 34.8 Å². The maximum atomic E-state index is 13.3. The predicted molar refractivity (Wildman–Crippen MR) is 77.9 cm³/mol. The molecule has 0 heterocycles. The number of carbonyl (C=O) groups excluding carboxylic acids is 1. The molecule has 1 N–H and O–H groups in total. The lowest BCUT2D eigenvalue weighted by Crippen LogP contribution is -2.14. The van der Waals surface area contributed by atoms with Gasteiger partial charge in [0.25, 0.3) is 5.91 Å². The fourth-order valence-corrected chi connectivity index (χ4v) is 2.15. The highest BCUT2D eigenvalue weighted by atomic mass is 79.9. The number of benzene rings is 2. The number of amides is 1. The van der Waals surface area contributed by atoms with Crippen molar-refractivity contribution in [3.8, 4) is 0 Å². The van der Waals surface area contributed by atoms with Crippen molar-refractivity contribution < 1.29 is 13.6 Å². The van der Waals surface area contributed by atoms with E-state index in [-0.39, 0.29) is 10.0 Å². The SMILES string of the molecule is Cc1cc(F)c(Br)cc1NC(=O)c1cc(F)ccc1C. The van der Waals surface area contributed by atoms with Crippen molar-refractivity contribution in [2.24, 2.45) is 0 Å². The molecule has 2 aromatic carbocycles. The van der Waals surface area contributed by atoms with Crippen molar-refractivity contribution in [3.05, 3.63) is 63.1 Å². The zero-order valence-electron chi connectivity index (χ0n) is 10.9. The van der Waals surface area contributed by atoms with Crippen LogP contribution in [0.2, 0.25) is 0 Å². The predicted octanol–water partition coefficient (Wildman–Crippen LogP) is 4.60. The van der Waals surface area contributed by atoms with Crippen molar-refractivity contribution >= 4 is 27.5 Å². The largest absolute Gasteiger partial charge is 0.322 e. The van der Waals surface area contributed by atoms with Crippen LogP contribution in [0.25, 0.3) is 0 Å². The first-order valence-corrected chi connectivity index (χ1v) is 6.71. The quantitative estimate of drug-likeness (QED) is 0.851. The van der Waals surface area contributed by atoms with Crippen LogP contribution in [0.3, 0.4) is 0 Å². The Bertz CT molecular complexity index is 686. The van der Waals surface area contributed by atoms with E-state index in [1.54, 1.807) is 13.8 Å². The molecule has 0 bridgehead atoms. The lowest BCUT2D eigenvalue weighted by molar-refractivity contribution is 0.102. The molecule has 20 heavy (non-hydrogen) atoms. The molecule has 0 saturated carbocycles. The van der Waals surface area contributed by atoms with Crippen LogP contribution in [0.1, 0.15) is 21.5 Å². The lowest BCUT2D eigenvalue weighted by Gasteiger charge is -2.11. The summed E-state index contributed by atoms with van der Waals surface area (Å²) in [5.74, 6) is -1.30. The van der Waals surface area contributed by atoms with Gasteiger partial charge in [-0.2, -0.15) is 0 Å². The monoisotopic (exact) mass is 339 g/mol. The fourth-order valence-electron chi connectivity index (χ4n) is 1.81. The number of aryl methyl sites for hydroxylation is 2. The van der Waals surface area contributed by atoms with Crippen LogP contribution in [0.5, 0.6) is 0 Å². The second-order valence-corrected chi connectivity index (χ2v) is 5.35. The van der Waals surface area contributed by atoms with Gasteiger partial charge in [0, 0.05) is 11.3 Å². The molecule has 1 amide bonds. The Morgan fingerprint density at radius 1 is 1.10 bits per heavy atom. The minimum absolute atomic E-state index is 0.254. The molecule has 0 saturated heterocycles. The minimum atomic E-state index is -0.474. The number of hydrogen-bond donors (Lipinski definition) is 1. The number of hydrogen-bond acceptors (Lipinski definition) is 1. The highest BCUT2D eigenvalue weighted by Crippen LogP contribution is 2.25. The van der Waals surface area contributed by atoms with Gasteiger partial charge in [0.15, 0.2) is 0 Å². The zero-order valence-corrected chi connectivity index (χ0v) is 12.5. The fraction of sp³-hybridized carbons (Fsp3) is 0.133. The van der Waals surface area contributed by atoms with Gasteiger partial charge in [0.05, 0.1) is 4.47 Å². The summed E-state index contributed by atoms with van der Waals surface area (Å²) < 4.78 is 26.8. The van der Waals surface area contributed by atoms with E-state index < -0.39 is 17.5 Å². The van der Waals surface area contributed by atoms with Gasteiger partial charge in [-0.05, 0) is 65.2 Å². The van der Waals surface area contributed by atoms with E-state index in [0.717, 1.165) is 0 Å². The smallest absolute Gasteiger partial charge is 0.256 e. The Labute approximate surface area is 123 Å². The van der Waals surface area contributed by atoms with Gasteiger partial charge in [-0.15, -0.1) is 0 Å². The van der Waals surface area contributed by atoms with E-state index in [4.69, 9.17) is 0 Å². The molecule has 0 unspecified atom stereocenters. The Morgan fingerprint density at radius 3 is 2.50 bits per heavy atom. The first-order chi connectivity index (χ1) is 9.38. The van der Waals surface area contributed by atoms with Crippen molar-refractivity contribution in [2.45, 2.75) is 13.8 Å². The molecule has 0 aliphatic rings. The summed E-state index contributed by atoms with van der Waals surface area (Å²) in [6, 6.07) is 6.82. The standard InChI is InChI=1S/C15H12BrF2NO/c1-8-3-4-10(17)6-11(8)15(20)19-14-7-12(16)13(18)5-9(14)2/h3-7H,1-2H3,(H,19,20). The van der Waals surface area contributed by atoms with Crippen LogP contribution in [0, 0.1) is 25.5 Å². The Kier molecular flexibility index (Phi) is 4.18. The van der Waals surface area contributed by atoms with E-state index in [2.05, 4.69) is 21.2 Å². The van der Waals surface area contributed by atoms with Gasteiger partial charge in [-0.3, -0.25) is 4.79 Å². The second kappa shape index (κ2) is 5.71. The molecule has 0 atom stereocenters. The summed E-state index contributed by atoms with van der Waals surface area (Å²) in [6.07, 6.45) is 0. The molecule has 0 aliphatic heterocycles. The van der Waals surface area contributed by atoms with Gasteiger partial charge in [0.2, 0.25) is 0 Å². The first kappa shape index (κ1) is 14.7. The molecule has 2 aromatic rings. The van der Waals surface area contributed by atoms with Crippen LogP contribution in [-0.2, 0) is 0 Å². The summed E-state index contributed by atoms with van der Waals surface area (Å²) in [5.41, 5.74) is 1.99. The van der Waals surface area contributed by atoms with Gasteiger partial charge >= 0.3 is 0 Å². The topological polar surface area (TPSA) is 29.1 Å². The summed E-state index contributed by atoms with van der Waals surface area (Å²) in [4.78, 5) is 12.1. The molecule has 2 rings (SSSR count). The third-order valence-corrected chi connectivity index (χ3v) is 3.57. The number of carbonyl (C=O) groups is 1. The average Bonchev–Trinajstić information content (AvgIpc) is 2.38. The molecule has 0 radical (unpaired) electrons. The number of anilines is 1. The third kappa shape index (κ3) is 3.04. The highest BCUT2D eigenvalue weighted by molar-refractivity contribution is 9.10. The summed E-state index contributed by atoms with van der Waals surface area (Å²) in [6.45, 7) is 3.41. The van der Waals surface area contributed by atoms with Gasteiger partial charge in [-0.1, -0.05) is 6.07 Å². The first-order valence-electron chi connectivity index (χ1n) is 5.91. The maximum Gasteiger partial charge on any atom is 0.256 e. The van der Waals surface area contributed by atoms with Crippen molar-refractivity contribution in [2.75, 3.05) is 5.32 Å². The molecule has 2 nitrogen and oxygen atoms in total. The molecular formula is C15H12BrF2NO. The Morgan fingerprint density at radius 2 is 1.80 bits per heavy atom. The van der Waals surface area contributed by atoms with Crippen LogP contribution >= 0.6 is 15.9 Å². The summed E-state index contributed by atoms with van der Waals surface area (Å²) in [5, 5.41) is 2.66. The average molecular weight is 340 g/mol. The number of nitrogens with one attached hydrogen (secondary N) is 1. The zero-order chi connectivity index (χ0) is 14.9.